The molecule has 28 heavy (non-hydrogen) atoms. The number of likely N-dealkylation sites (tertiary alicyclic amines) is 1. The molecule has 146 valence electrons. The number of nitrogens with zero attached hydrogens (tertiary/aromatic N) is 2. The van der Waals surface area contributed by atoms with E-state index in [1.54, 1.807) is 30.5 Å². The topological polar surface area (TPSA) is 71.5 Å². The Morgan fingerprint density at radius 2 is 2.04 bits per heavy atom. The molecule has 1 aromatic carbocycles. The standard InChI is InChI=1S/C20H19Cl2N3O3/c1-28-18(26)12-2-3-16-14(8-12)20(19(27)24-16)4-6-25(7-5-20)11-17-15(22)9-13(21)10-23-17/h2-3,8-10H,4-7,11H2,1H3,(H,24,27). The number of nitrogens with one attached hydrogen (secondary N) is 1. The number of anilines is 1. The highest BCUT2D eigenvalue weighted by molar-refractivity contribution is 6.34. The van der Waals surface area contributed by atoms with Crippen molar-refractivity contribution < 1.29 is 14.3 Å². The van der Waals surface area contributed by atoms with Gasteiger partial charge in [0.05, 0.1) is 33.8 Å². The number of aromatic nitrogens is 1. The Kier molecular flexibility index (Phi) is 5.04. The molecule has 3 heterocycles. The van der Waals surface area contributed by atoms with Crippen molar-refractivity contribution in [3.63, 3.8) is 0 Å². The molecule has 1 aromatic heterocycles. The second-order valence-corrected chi connectivity index (χ2v) is 7.99. The zero-order valence-corrected chi connectivity index (χ0v) is 16.8. The second-order valence-electron chi connectivity index (χ2n) is 7.15. The molecule has 0 unspecified atom stereocenters. The molecule has 4 rings (SSSR count). The van der Waals surface area contributed by atoms with E-state index in [-0.39, 0.29) is 5.91 Å². The van der Waals surface area contributed by atoms with Crippen molar-refractivity contribution in [1.82, 2.24) is 9.88 Å². The molecule has 2 aliphatic heterocycles. The predicted molar refractivity (Wildman–Crippen MR) is 107 cm³/mol. The smallest absolute Gasteiger partial charge is 0.337 e. The number of methoxy groups -OCH3 is 1. The van der Waals surface area contributed by atoms with E-state index in [4.69, 9.17) is 27.9 Å². The van der Waals surface area contributed by atoms with Crippen LogP contribution in [0, 0.1) is 0 Å². The van der Waals surface area contributed by atoms with Crippen molar-refractivity contribution in [1.29, 1.82) is 0 Å². The number of carbonyl (C=O) groups excluding carboxylic acids is 2. The number of hydrogen-bond donors (Lipinski definition) is 1. The van der Waals surface area contributed by atoms with Gasteiger partial charge in [0.1, 0.15) is 0 Å². The van der Waals surface area contributed by atoms with Gasteiger partial charge in [-0.15, -0.1) is 0 Å². The number of pyridine rings is 1. The Bertz CT molecular complexity index is 956. The molecule has 6 nitrogen and oxygen atoms in total. The number of amides is 1. The molecular formula is C20H19Cl2N3O3. The van der Waals surface area contributed by atoms with E-state index in [0.29, 0.717) is 35.0 Å². The van der Waals surface area contributed by atoms with Gasteiger partial charge in [-0.05, 0) is 55.8 Å². The summed E-state index contributed by atoms with van der Waals surface area (Å²) in [6, 6.07) is 6.92. The summed E-state index contributed by atoms with van der Waals surface area (Å²) in [4.78, 5) is 31.3. The average Bonchev–Trinajstić information content (AvgIpc) is 2.96. The van der Waals surface area contributed by atoms with Crippen LogP contribution in [0.4, 0.5) is 5.69 Å². The zero-order chi connectivity index (χ0) is 19.9. The van der Waals surface area contributed by atoms with Gasteiger partial charge >= 0.3 is 5.97 Å². The summed E-state index contributed by atoms with van der Waals surface area (Å²) in [7, 11) is 1.35. The maximum absolute atomic E-state index is 12.8. The summed E-state index contributed by atoms with van der Waals surface area (Å²) in [6.07, 6.45) is 2.90. The minimum atomic E-state index is -0.618. The summed E-state index contributed by atoms with van der Waals surface area (Å²) >= 11 is 12.2. The third-order valence-electron chi connectivity index (χ3n) is 5.61. The first-order valence-corrected chi connectivity index (χ1v) is 9.75. The van der Waals surface area contributed by atoms with Crippen molar-refractivity contribution >= 4 is 40.8 Å². The van der Waals surface area contributed by atoms with Gasteiger partial charge in [-0.3, -0.25) is 14.7 Å². The zero-order valence-electron chi connectivity index (χ0n) is 15.3. The van der Waals surface area contributed by atoms with Crippen LogP contribution in [0.25, 0.3) is 0 Å². The molecule has 0 aliphatic carbocycles. The van der Waals surface area contributed by atoms with Crippen LogP contribution in [0.1, 0.15) is 34.5 Å². The van der Waals surface area contributed by atoms with Crippen molar-refractivity contribution in [2.45, 2.75) is 24.8 Å². The van der Waals surface area contributed by atoms with Gasteiger partial charge in [0.25, 0.3) is 0 Å². The molecule has 2 aliphatic rings. The molecule has 0 saturated carbocycles. The van der Waals surface area contributed by atoms with Crippen LogP contribution in [0.2, 0.25) is 10.0 Å². The minimum Gasteiger partial charge on any atom is -0.465 e. The molecule has 0 bridgehead atoms. The molecule has 0 atom stereocenters. The lowest BCUT2D eigenvalue weighted by atomic mass is 9.73. The second kappa shape index (κ2) is 7.35. The molecule has 1 amide bonds. The lowest BCUT2D eigenvalue weighted by Crippen LogP contribution is -2.46. The van der Waals surface area contributed by atoms with Crippen molar-refractivity contribution in [3.8, 4) is 0 Å². The van der Waals surface area contributed by atoms with Crippen molar-refractivity contribution in [3.05, 3.63) is 57.3 Å². The lowest BCUT2D eigenvalue weighted by Gasteiger charge is -2.38. The first kappa shape index (κ1) is 19.2. The van der Waals surface area contributed by atoms with Crippen LogP contribution in [-0.2, 0) is 21.5 Å². The van der Waals surface area contributed by atoms with E-state index < -0.39 is 11.4 Å². The van der Waals surface area contributed by atoms with Gasteiger partial charge in [0.2, 0.25) is 5.91 Å². The van der Waals surface area contributed by atoms with E-state index in [0.717, 1.165) is 30.0 Å². The molecule has 1 saturated heterocycles. The summed E-state index contributed by atoms with van der Waals surface area (Å²) in [5.74, 6) is -0.412. The number of halogens is 2. The van der Waals surface area contributed by atoms with E-state index in [1.807, 2.05) is 0 Å². The van der Waals surface area contributed by atoms with Crippen molar-refractivity contribution in [2.75, 3.05) is 25.5 Å². The van der Waals surface area contributed by atoms with E-state index >= 15 is 0 Å². The Labute approximate surface area is 172 Å². The lowest BCUT2D eigenvalue weighted by molar-refractivity contribution is -0.122. The van der Waals surface area contributed by atoms with Crippen LogP contribution in [0.3, 0.4) is 0 Å². The maximum atomic E-state index is 12.8. The molecule has 2 aromatic rings. The molecule has 1 fully saturated rings. The largest absolute Gasteiger partial charge is 0.465 e. The van der Waals surface area contributed by atoms with Gasteiger partial charge in [-0.1, -0.05) is 23.2 Å². The number of carbonyl (C=O) groups is 2. The van der Waals surface area contributed by atoms with E-state index in [1.165, 1.54) is 7.11 Å². The van der Waals surface area contributed by atoms with Crippen LogP contribution in [0.15, 0.2) is 30.5 Å². The van der Waals surface area contributed by atoms with E-state index in [2.05, 4.69) is 15.2 Å². The SMILES string of the molecule is COC(=O)c1ccc2c(c1)C1(CCN(Cc3ncc(Cl)cc3Cl)CC1)C(=O)N2. The number of hydrogen-bond acceptors (Lipinski definition) is 5. The summed E-state index contributed by atoms with van der Waals surface area (Å²) in [5.41, 5.74) is 2.26. The number of fused-ring (bicyclic) bond motifs is 2. The minimum absolute atomic E-state index is 0.00758. The normalized spacial score (nSPS) is 18.0. The Morgan fingerprint density at radius 1 is 1.29 bits per heavy atom. The van der Waals surface area contributed by atoms with E-state index in [9.17, 15) is 9.59 Å². The number of esters is 1. The highest BCUT2D eigenvalue weighted by atomic mass is 35.5. The predicted octanol–water partition coefficient (Wildman–Crippen LogP) is 3.66. The Hall–Kier alpha value is -2.15. The van der Waals surface area contributed by atoms with Crippen LogP contribution in [0.5, 0.6) is 0 Å². The Balaban J connectivity index is 1.54. The molecular weight excluding hydrogens is 401 g/mol. The first-order valence-electron chi connectivity index (χ1n) is 8.99. The summed E-state index contributed by atoms with van der Waals surface area (Å²) in [5, 5.41) is 4.01. The maximum Gasteiger partial charge on any atom is 0.337 e. The average molecular weight is 420 g/mol. The number of piperidine rings is 1. The fraction of sp³-hybridized carbons (Fsp3) is 0.350. The number of ether oxygens (including phenoxy) is 1. The molecule has 0 radical (unpaired) electrons. The monoisotopic (exact) mass is 419 g/mol. The molecule has 8 heteroatoms. The number of rotatable bonds is 3. The van der Waals surface area contributed by atoms with Crippen LogP contribution >= 0.6 is 23.2 Å². The summed E-state index contributed by atoms with van der Waals surface area (Å²) in [6.45, 7) is 2.04. The molecule has 1 spiro atoms. The van der Waals surface area contributed by atoms with Gasteiger partial charge in [0.15, 0.2) is 0 Å². The van der Waals surface area contributed by atoms with Crippen LogP contribution in [-0.4, -0.2) is 42.0 Å². The van der Waals surface area contributed by atoms with Crippen LogP contribution < -0.4 is 5.32 Å². The van der Waals surface area contributed by atoms with Gasteiger partial charge in [-0.2, -0.15) is 0 Å². The fourth-order valence-electron chi connectivity index (χ4n) is 4.02. The summed E-state index contributed by atoms with van der Waals surface area (Å²) < 4.78 is 4.82. The van der Waals surface area contributed by atoms with Gasteiger partial charge < -0.3 is 10.1 Å². The van der Waals surface area contributed by atoms with Gasteiger partial charge in [0, 0.05) is 18.4 Å². The van der Waals surface area contributed by atoms with Gasteiger partial charge in [-0.25, -0.2) is 4.79 Å². The van der Waals surface area contributed by atoms with Crippen molar-refractivity contribution in [2.24, 2.45) is 0 Å². The molecule has 1 N–H and O–H groups in total. The third kappa shape index (κ3) is 3.26. The highest BCUT2D eigenvalue weighted by Crippen LogP contribution is 2.45. The quantitative estimate of drug-likeness (QED) is 0.768. The fourth-order valence-corrected chi connectivity index (χ4v) is 4.46. The third-order valence-corrected chi connectivity index (χ3v) is 6.14. The number of benzene rings is 1. The Morgan fingerprint density at radius 3 is 2.71 bits per heavy atom. The highest BCUT2D eigenvalue weighted by Gasteiger charge is 2.48. The first-order chi connectivity index (χ1) is 13.4.